The Morgan fingerprint density at radius 1 is 0.886 bits per heavy atom. The van der Waals surface area contributed by atoms with Gasteiger partial charge < -0.3 is 19.5 Å². The van der Waals surface area contributed by atoms with Crippen LogP contribution in [0.5, 0.6) is 5.75 Å². The molecule has 2 unspecified atom stereocenters. The molecule has 1 N–H and O–H groups in total. The monoisotopic (exact) mass is 482 g/mol. The van der Waals surface area contributed by atoms with Gasteiger partial charge in [0.05, 0.1) is 24.9 Å². The molecule has 2 aromatic carbocycles. The minimum Gasteiger partial charge on any atom is -0.497 e. The number of pyridine rings is 1. The third-order valence-electron chi connectivity index (χ3n) is 6.70. The van der Waals surface area contributed by atoms with E-state index in [2.05, 4.69) is 84.9 Å². The number of thiocarbonyl (C=S) groups is 1. The average Bonchev–Trinajstić information content (AvgIpc) is 3.34. The van der Waals surface area contributed by atoms with E-state index < -0.39 is 0 Å². The summed E-state index contributed by atoms with van der Waals surface area (Å²) >= 11 is 5.90. The van der Waals surface area contributed by atoms with E-state index in [1.165, 1.54) is 33.8 Å². The van der Waals surface area contributed by atoms with Crippen LogP contribution in [0.2, 0.25) is 0 Å². The van der Waals surface area contributed by atoms with Crippen LogP contribution < -0.4 is 15.0 Å². The summed E-state index contributed by atoms with van der Waals surface area (Å²) in [5.41, 5.74) is 9.28. The van der Waals surface area contributed by atoms with E-state index in [0.717, 1.165) is 17.1 Å². The van der Waals surface area contributed by atoms with Gasteiger partial charge in [0.2, 0.25) is 0 Å². The van der Waals surface area contributed by atoms with E-state index in [1.54, 1.807) is 7.11 Å². The molecule has 1 fully saturated rings. The molecule has 4 aromatic rings. The Labute approximate surface area is 212 Å². The summed E-state index contributed by atoms with van der Waals surface area (Å²) in [5, 5.41) is 4.25. The zero-order chi connectivity index (χ0) is 24.7. The Bertz CT molecular complexity index is 1360. The van der Waals surface area contributed by atoms with Crippen LogP contribution in [0, 0.1) is 27.7 Å². The SMILES string of the molecule is COc1ccc(N2C(=S)NC(c3ccccn3)C2c2cc(C)n(-c3cc(C)cc(C)c3)c2C)cc1. The zero-order valence-electron chi connectivity index (χ0n) is 20.7. The summed E-state index contributed by atoms with van der Waals surface area (Å²) < 4.78 is 7.73. The second-order valence-corrected chi connectivity index (χ2v) is 9.59. The normalized spacial score (nSPS) is 17.5. The van der Waals surface area contributed by atoms with E-state index in [-0.39, 0.29) is 12.1 Å². The van der Waals surface area contributed by atoms with Gasteiger partial charge in [0.25, 0.3) is 0 Å². The first-order valence-corrected chi connectivity index (χ1v) is 12.2. The lowest BCUT2D eigenvalue weighted by Gasteiger charge is -2.28. The second kappa shape index (κ2) is 9.19. The van der Waals surface area contributed by atoms with Crippen molar-refractivity contribution in [1.82, 2.24) is 14.9 Å². The van der Waals surface area contributed by atoms with Crippen LogP contribution in [0.1, 0.15) is 45.9 Å². The van der Waals surface area contributed by atoms with E-state index in [9.17, 15) is 0 Å². The molecule has 0 aliphatic carbocycles. The van der Waals surface area contributed by atoms with Crippen LogP contribution in [0.4, 0.5) is 5.69 Å². The van der Waals surface area contributed by atoms with Gasteiger partial charge in [-0.2, -0.15) is 0 Å². The molecule has 2 aromatic heterocycles. The fraction of sp³-hybridized carbons (Fsp3) is 0.241. The summed E-state index contributed by atoms with van der Waals surface area (Å²) in [5.74, 6) is 0.817. The molecule has 1 aliphatic heterocycles. The second-order valence-electron chi connectivity index (χ2n) is 9.20. The lowest BCUT2D eigenvalue weighted by atomic mass is 9.96. The van der Waals surface area contributed by atoms with Crippen LogP contribution in [0.25, 0.3) is 5.69 Å². The molecule has 1 saturated heterocycles. The summed E-state index contributed by atoms with van der Waals surface area (Å²) in [6.45, 7) is 8.66. The molecular formula is C29H30N4OS. The Hall–Kier alpha value is -3.64. The Morgan fingerprint density at radius 3 is 2.23 bits per heavy atom. The van der Waals surface area contributed by atoms with Gasteiger partial charge in [0.15, 0.2) is 5.11 Å². The molecule has 0 amide bonds. The van der Waals surface area contributed by atoms with Crippen LogP contribution in [0.3, 0.4) is 0 Å². The Morgan fingerprint density at radius 2 is 1.60 bits per heavy atom. The average molecular weight is 483 g/mol. The fourth-order valence-corrected chi connectivity index (χ4v) is 5.60. The van der Waals surface area contributed by atoms with Crippen LogP contribution >= 0.6 is 12.2 Å². The third kappa shape index (κ3) is 4.19. The van der Waals surface area contributed by atoms with Crippen molar-refractivity contribution < 1.29 is 4.74 Å². The first-order chi connectivity index (χ1) is 16.9. The number of hydrogen-bond donors (Lipinski definition) is 1. The number of ether oxygens (including phenoxy) is 1. The van der Waals surface area contributed by atoms with Crippen LogP contribution in [0.15, 0.2) is 72.9 Å². The largest absolute Gasteiger partial charge is 0.497 e. The van der Waals surface area contributed by atoms with Crippen molar-refractivity contribution in [3.63, 3.8) is 0 Å². The zero-order valence-corrected chi connectivity index (χ0v) is 21.6. The van der Waals surface area contributed by atoms with Crippen molar-refractivity contribution in [3.8, 4) is 11.4 Å². The molecular weight excluding hydrogens is 452 g/mol. The predicted octanol–water partition coefficient (Wildman–Crippen LogP) is 6.29. The topological polar surface area (TPSA) is 42.3 Å². The van der Waals surface area contributed by atoms with Gasteiger partial charge in [-0.1, -0.05) is 12.1 Å². The van der Waals surface area contributed by atoms with Crippen LogP contribution in [-0.2, 0) is 0 Å². The molecule has 178 valence electrons. The highest BCUT2D eigenvalue weighted by molar-refractivity contribution is 7.80. The van der Waals surface area contributed by atoms with Crippen molar-refractivity contribution in [1.29, 1.82) is 0 Å². The maximum atomic E-state index is 5.90. The smallest absolute Gasteiger partial charge is 0.174 e. The number of hydrogen-bond acceptors (Lipinski definition) is 3. The van der Waals surface area contributed by atoms with Gasteiger partial charge in [-0.15, -0.1) is 0 Å². The lowest BCUT2D eigenvalue weighted by molar-refractivity contribution is 0.415. The molecule has 35 heavy (non-hydrogen) atoms. The highest BCUT2D eigenvalue weighted by Gasteiger charge is 2.42. The van der Waals surface area contributed by atoms with Gasteiger partial charge in [0, 0.05) is 29.0 Å². The van der Waals surface area contributed by atoms with Crippen molar-refractivity contribution in [2.45, 2.75) is 39.8 Å². The van der Waals surface area contributed by atoms with Crippen molar-refractivity contribution >= 4 is 23.0 Å². The highest BCUT2D eigenvalue weighted by Crippen LogP contribution is 2.44. The maximum Gasteiger partial charge on any atom is 0.174 e. The summed E-state index contributed by atoms with van der Waals surface area (Å²) in [6.07, 6.45) is 1.84. The molecule has 1 aliphatic rings. The molecule has 5 rings (SSSR count). The Kier molecular flexibility index (Phi) is 6.07. The van der Waals surface area contributed by atoms with Gasteiger partial charge in [0.1, 0.15) is 5.75 Å². The quantitative estimate of drug-likeness (QED) is 0.339. The number of benzene rings is 2. The molecule has 5 nitrogen and oxygen atoms in total. The molecule has 0 spiro atoms. The minimum absolute atomic E-state index is 0.0587. The number of methoxy groups -OCH3 is 1. The van der Waals surface area contributed by atoms with Gasteiger partial charge >= 0.3 is 0 Å². The molecule has 0 radical (unpaired) electrons. The fourth-order valence-electron chi connectivity index (χ4n) is 5.26. The van der Waals surface area contributed by atoms with Gasteiger partial charge in [-0.3, -0.25) is 4.98 Å². The molecule has 6 heteroatoms. The summed E-state index contributed by atoms with van der Waals surface area (Å²) in [6, 6.07) is 22.9. The highest BCUT2D eigenvalue weighted by atomic mass is 32.1. The summed E-state index contributed by atoms with van der Waals surface area (Å²) in [4.78, 5) is 6.90. The number of nitrogens with zero attached hydrogens (tertiary/aromatic N) is 3. The number of anilines is 1. The first kappa shape index (κ1) is 23.1. The minimum atomic E-state index is -0.0843. The molecule has 0 bridgehead atoms. The molecule has 2 atom stereocenters. The number of rotatable bonds is 5. The first-order valence-electron chi connectivity index (χ1n) is 11.8. The van der Waals surface area contributed by atoms with Gasteiger partial charge in [-0.05, 0) is 111 Å². The number of aromatic nitrogens is 2. The van der Waals surface area contributed by atoms with Crippen molar-refractivity contribution in [2.75, 3.05) is 12.0 Å². The number of aryl methyl sites for hydroxylation is 3. The van der Waals surface area contributed by atoms with E-state index in [0.29, 0.717) is 5.11 Å². The maximum absolute atomic E-state index is 5.90. The number of nitrogens with one attached hydrogen (secondary N) is 1. The van der Waals surface area contributed by atoms with E-state index >= 15 is 0 Å². The van der Waals surface area contributed by atoms with Crippen molar-refractivity contribution in [3.05, 3.63) is 107 Å². The van der Waals surface area contributed by atoms with Crippen molar-refractivity contribution in [2.24, 2.45) is 0 Å². The molecule has 3 heterocycles. The van der Waals surface area contributed by atoms with Crippen LogP contribution in [-0.4, -0.2) is 21.8 Å². The van der Waals surface area contributed by atoms with E-state index in [4.69, 9.17) is 21.9 Å². The predicted molar refractivity (Wildman–Crippen MR) is 146 cm³/mol. The van der Waals surface area contributed by atoms with E-state index in [1.807, 2.05) is 30.5 Å². The summed E-state index contributed by atoms with van der Waals surface area (Å²) in [7, 11) is 1.68. The third-order valence-corrected chi connectivity index (χ3v) is 7.02. The Balaban J connectivity index is 1.67. The lowest BCUT2D eigenvalue weighted by Crippen LogP contribution is -2.29. The standard InChI is InChI=1S/C29H30N4OS/c1-18-14-19(2)16-23(15-18)32-20(3)17-25(21(32)4)28-27(26-8-6-7-13-30-26)31-29(35)33(28)22-9-11-24(34-5)12-10-22/h6-17,27-28H,1-5H3,(H,31,35). The van der Waals surface area contributed by atoms with Gasteiger partial charge in [-0.25, -0.2) is 0 Å². The molecule has 0 saturated carbocycles.